The molecule has 0 saturated carbocycles. The highest BCUT2D eigenvalue weighted by Crippen LogP contribution is 2.24. The van der Waals surface area contributed by atoms with Gasteiger partial charge >= 0.3 is 0 Å². The molecule has 1 amide bonds. The van der Waals surface area contributed by atoms with Crippen LogP contribution in [0.25, 0.3) is 10.8 Å². The molecule has 0 bridgehead atoms. The molecule has 2 aromatic carbocycles. The zero-order valence-corrected chi connectivity index (χ0v) is 15.6. The summed E-state index contributed by atoms with van der Waals surface area (Å²) >= 11 is 1.73. The van der Waals surface area contributed by atoms with Crippen molar-refractivity contribution in [2.24, 2.45) is 0 Å². The van der Waals surface area contributed by atoms with Crippen molar-refractivity contribution < 1.29 is 4.79 Å². The summed E-state index contributed by atoms with van der Waals surface area (Å²) in [6.07, 6.45) is 0. The summed E-state index contributed by atoms with van der Waals surface area (Å²) < 4.78 is 0. The number of likely N-dealkylation sites (N-methyl/N-ethyl adjacent to an activating group) is 1. The van der Waals surface area contributed by atoms with Gasteiger partial charge in [-0.15, -0.1) is 11.3 Å². The Balaban J connectivity index is 1.65. The summed E-state index contributed by atoms with van der Waals surface area (Å²) in [5.41, 5.74) is 1.16. The number of carbonyl (C=O) groups excluding carboxylic acids is 1. The van der Waals surface area contributed by atoms with Crippen LogP contribution in [-0.4, -0.2) is 23.9 Å². The molecule has 3 nitrogen and oxygen atoms in total. The van der Waals surface area contributed by atoms with E-state index in [4.69, 9.17) is 0 Å². The molecule has 0 spiro atoms. The predicted octanol–water partition coefficient (Wildman–Crippen LogP) is 4.60. The van der Waals surface area contributed by atoms with Crippen LogP contribution in [0.2, 0.25) is 0 Å². The van der Waals surface area contributed by atoms with E-state index in [1.54, 1.807) is 11.3 Å². The molecule has 0 saturated heterocycles. The molecule has 0 unspecified atom stereocenters. The first kappa shape index (κ1) is 17.6. The molecule has 4 heteroatoms. The van der Waals surface area contributed by atoms with Crippen molar-refractivity contribution in [3.8, 4) is 0 Å². The molecule has 130 valence electrons. The second kappa shape index (κ2) is 8.28. The Bertz CT molecular complexity index is 824. The zero-order valence-electron chi connectivity index (χ0n) is 14.7. The van der Waals surface area contributed by atoms with Gasteiger partial charge < -0.3 is 5.32 Å². The molecule has 0 fully saturated rings. The van der Waals surface area contributed by atoms with Gasteiger partial charge in [0, 0.05) is 11.4 Å². The first-order valence-electron chi connectivity index (χ1n) is 8.69. The fourth-order valence-corrected chi connectivity index (χ4v) is 3.84. The van der Waals surface area contributed by atoms with Crippen molar-refractivity contribution in [1.82, 2.24) is 10.2 Å². The molecule has 3 aromatic rings. The number of rotatable bonds is 7. The third-order valence-electron chi connectivity index (χ3n) is 4.44. The van der Waals surface area contributed by atoms with Crippen molar-refractivity contribution in [3.05, 3.63) is 70.4 Å². The molecule has 1 N–H and O–H groups in total. The third kappa shape index (κ3) is 4.47. The van der Waals surface area contributed by atoms with E-state index in [0.29, 0.717) is 6.54 Å². The average Bonchev–Trinajstić information content (AvgIpc) is 3.13. The van der Waals surface area contributed by atoms with Gasteiger partial charge in [0.1, 0.15) is 0 Å². The Morgan fingerprint density at radius 2 is 1.92 bits per heavy atom. The summed E-state index contributed by atoms with van der Waals surface area (Å²) in [6, 6.07) is 18.7. The summed E-state index contributed by atoms with van der Waals surface area (Å²) in [6.45, 7) is 6.24. The molecule has 25 heavy (non-hydrogen) atoms. The van der Waals surface area contributed by atoms with Crippen molar-refractivity contribution in [1.29, 1.82) is 0 Å². The van der Waals surface area contributed by atoms with Crippen molar-refractivity contribution >= 4 is 28.0 Å². The van der Waals surface area contributed by atoms with Crippen LogP contribution in [0.15, 0.2) is 60.0 Å². The van der Waals surface area contributed by atoms with Crippen LogP contribution >= 0.6 is 11.3 Å². The van der Waals surface area contributed by atoms with Gasteiger partial charge in [-0.1, -0.05) is 55.5 Å². The molecule has 1 heterocycles. The third-order valence-corrected chi connectivity index (χ3v) is 5.30. The summed E-state index contributed by atoms with van der Waals surface area (Å²) in [5.74, 6) is 0.0684. The van der Waals surface area contributed by atoms with Crippen LogP contribution in [0.3, 0.4) is 0 Å². The van der Waals surface area contributed by atoms with E-state index in [1.165, 1.54) is 15.6 Å². The minimum absolute atomic E-state index is 0.0148. The van der Waals surface area contributed by atoms with Crippen LogP contribution in [0.1, 0.15) is 30.3 Å². The lowest BCUT2D eigenvalue weighted by Crippen LogP contribution is -2.37. The maximum Gasteiger partial charge on any atom is 0.234 e. The first-order valence-corrected chi connectivity index (χ1v) is 9.57. The summed E-state index contributed by atoms with van der Waals surface area (Å²) in [4.78, 5) is 16.0. The Hall–Kier alpha value is -2.17. The zero-order chi connectivity index (χ0) is 17.6. The van der Waals surface area contributed by atoms with Gasteiger partial charge in [-0.3, -0.25) is 9.69 Å². The number of hydrogen-bond donors (Lipinski definition) is 1. The average molecular weight is 353 g/mol. The fraction of sp³-hybridized carbons (Fsp3) is 0.286. The Morgan fingerprint density at radius 1 is 1.12 bits per heavy atom. The summed E-state index contributed by atoms with van der Waals surface area (Å²) in [5, 5.41) is 7.63. The van der Waals surface area contributed by atoms with Gasteiger partial charge in [0.05, 0.1) is 12.6 Å². The van der Waals surface area contributed by atoms with Gasteiger partial charge in [-0.05, 0) is 41.3 Å². The number of amides is 1. The first-order chi connectivity index (χ1) is 12.2. The van der Waals surface area contributed by atoms with E-state index in [2.05, 4.69) is 71.9 Å². The Kier molecular flexibility index (Phi) is 5.84. The van der Waals surface area contributed by atoms with Gasteiger partial charge in [0.25, 0.3) is 0 Å². The van der Waals surface area contributed by atoms with Gasteiger partial charge in [-0.2, -0.15) is 0 Å². The predicted molar refractivity (Wildman–Crippen MR) is 106 cm³/mol. The van der Waals surface area contributed by atoms with E-state index in [0.717, 1.165) is 18.7 Å². The molecule has 0 aliphatic heterocycles. The van der Waals surface area contributed by atoms with E-state index in [9.17, 15) is 4.79 Å². The molecule has 0 aliphatic rings. The topological polar surface area (TPSA) is 32.3 Å². The van der Waals surface area contributed by atoms with Crippen molar-refractivity contribution in [2.45, 2.75) is 26.4 Å². The molecule has 3 rings (SSSR count). The lowest BCUT2D eigenvalue weighted by Gasteiger charge is -2.22. The second-order valence-corrected chi connectivity index (χ2v) is 7.27. The van der Waals surface area contributed by atoms with Crippen LogP contribution in [0.5, 0.6) is 0 Å². The lowest BCUT2D eigenvalue weighted by molar-refractivity contribution is -0.123. The molecule has 1 atom stereocenters. The highest BCUT2D eigenvalue weighted by Gasteiger charge is 2.15. The molecular formula is C21H24N2OS. The number of hydrogen-bond acceptors (Lipinski definition) is 3. The van der Waals surface area contributed by atoms with E-state index < -0.39 is 0 Å². The smallest absolute Gasteiger partial charge is 0.234 e. The molecular weight excluding hydrogens is 328 g/mol. The van der Waals surface area contributed by atoms with E-state index >= 15 is 0 Å². The summed E-state index contributed by atoms with van der Waals surface area (Å²) in [7, 11) is 0. The second-order valence-electron chi connectivity index (χ2n) is 6.24. The standard InChI is InChI=1S/C21H24N2OS/c1-3-23(14-18-10-7-13-25-18)15-21(24)22-16(2)19-12-6-9-17-8-4-5-11-20(17)19/h4-13,16H,3,14-15H2,1-2H3,(H,22,24)/t16-/m1/s1. The fourth-order valence-electron chi connectivity index (χ4n) is 3.10. The van der Waals surface area contributed by atoms with Crippen LogP contribution < -0.4 is 5.32 Å². The quantitative estimate of drug-likeness (QED) is 0.674. The highest BCUT2D eigenvalue weighted by molar-refractivity contribution is 7.09. The van der Waals surface area contributed by atoms with Gasteiger partial charge in [-0.25, -0.2) is 0 Å². The lowest BCUT2D eigenvalue weighted by atomic mass is 10.00. The van der Waals surface area contributed by atoms with E-state index in [1.807, 2.05) is 12.1 Å². The Morgan fingerprint density at radius 3 is 2.68 bits per heavy atom. The Labute approximate surface area is 153 Å². The minimum Gasteiger partial charge on any atom is -0.348 e. The van der Waals surface area contributed by atoms with Crippen LogP contribution in [0, 0.1) is 0 Å². The van der Waals surface area contributed by atoms with Crippen LogP contribution in [-0.2, 0) is 11.3 Å². The monoisotopic (exact) mass is 352 g/mol. The molecule has 1 aromatic heterocycles. The number of fused-ring (bicyclic) bond motifs is 1. The number of thiophene rings is 1. The number of benzene rings is 2. The normalized spacial score (nSPS) is 12.4. The maximum absolute atomic E-state index is 12.5. The van der Waals surface area contributed by atoms with Gasteiger partial charge in [0.15, 0.2) is 0 Å². The molecule has 0 radical (unpaired) electrons. The van der Waals surface area contributed by atoms with Crippen molar-refractivity contribution in [3.63, 3.8) is 0 Å². The number of carbonyl (C=O) groups is 1. The van der Waals surface area contributed by atoms with Gasteiger partial charge in [0.2, 0.25) is 5.91 Å². The minimum atomic E-state index is -0.0148. The number of nitrogens with one attached hydrogen (secondary N) is 1. The highest BCUT2D eigenvalue weighted by atomic mass is 32.1. The SMILES string of the molecule is CCN(CC(=O)N[C@H](C)c1cccc2ccccc12)Cc1cccs1. The van der Waals surface area contributed by atoms with E-state index in [-0.39, 0.29) is 11.9 Å². The van der Waals surface area contributed by atoms with Crippen LogP contribution in [0.4, 0.5) is 0 Å². The maximum atomic E-state index is 12.5. The number of nitrogens with zero attached hydrogens (tertiary/aromatic N) is 1. The molecule has 0 aliphatic carbocycles. The van der Waals surface area contributed by atoms with Crippen molar-refractivity contribution in [2.75, 3.05) is 13.1 Å². The largest absolute Gasteiger partial charge is 0.348 e.